The van der Waals surface area contributed by atoms with Crippen LogP contribution in [-0.2, 0) is 17.8 Å². The van der Waals surface area contributed by atoms with Crippen molar-refractivity contribution in [3.05, 3.63) is 58.1 Å². The van der Waals surface area contributed by atoms with Gasteiger partial charge in [-0.15, -0.1) is 0 Å². The van der Waals surface area contributed by atoms with Gasteiger partial charge in [-0.05, 0) is 48.6 Å². The molecule has 0 radical (unpaired) electrons. The van der Waals surface area contributed by atoms with Gasteiger partial charge in [0.05, 0.1) is 13.0 Å². The summed E-state index contributed by atoms with van der Waals surface area (Å²) in [7, 11) is 0. The summed E-state index contributed by atoms with van der Waals surface area (Å²) < 4.78 is 12.6. The first kappa shape index (κ1) is 16.8. The fourth-order valence-electron chi connectivity index (χ4n) is 2.40. The Hall–Kier alpha value is -2.01. The summed E-state index contributed by atoms with van der Waals surface area (Å²) in [6.45, 7) is 1.12. The highest BCUT2D eigenvalue weighted by Gasteiger charge is 2.22. The van der Waals surface area contributed by atoms with Crippen LogP contribution in [0.15, 0.2) is 46.9 Å². The molecule has 5 heteroatoms. The average Bonchev–Trinajstić information content (AvgIpc) is 3.35. The second-order valence-electron chi connectivity index (χ2n) is 6.02. The number of rotatable bonds is 8. The van der Waals surface area contributed by atoms with Crippen molar-refractivity contribution < 1.29 is 19.4 Å². The number of hydrogen-bond donors (Lipinski definition) is 1. The topological polar surface area (TPSA) is 55.8 Å². The molecule has 1 fully saturated rings. The van der Waals surface area contributed by atoms with E-state index in [9.17, 15) is 4.79 Å². The standard InChI is InChI=1S/C19H19BrO4/c20-16-7-14(8-17(10-16)23-11-13-5-6-13)12-24-18-4-2-1-3-15(18)9-19(21)22/h1-4,7-8,10,13H,5-6,9,11-12H2,(H,21,22). The molecule has 0 spiro atoms. The molecule has 2 aromatic rings. The third-order valence-corrected chi connectivity index (χ3v) is 4.28. The highest BCUT2D eigenvalue weighted by molar-refractivity contribution is 9.10. The smallest absolute Gasteiger partial charge is 0.307 e. The van der Waals surface area contributed by atoms with E-state index in [0.717, 1.165) is 22.4 Å². The Morgan fingerprint density at radius 3 is 2.71 bits per heavy atom. The molecule has 24 heavy (non-hydrogen) atoms. The molecule has 0 amide bonds. The van der Waals surface area contributed by atoms with Gasteiger partial charge in [-0.1, -0.05) is 34.1 Å². The number of carboxylic acid groups (broad SMARTS) is 1. The minimum atomic E-state index is -0.871. The third kappa shape index (κ3) is 4.99. The number of hydrogen-bond acceptors (Lipinski definition) is 3. The number of ether oxygens (including phenoxy) is 2. The van der Waals surface area contributed by atoms with Crippen molar-refractivity contribution in [2.24, 2.45) is 5.92 Å². The van der Waals surface area contributed by atoms with Gasteiger partial charge < -0.3 is 14.6 Å². The Bertz CT molecular complexity index is 725. The molecule has 4 nitrogen and oxygen atoms in total. The molecule has 0 unspecified atom stereocenters. The lowest BCUT2D eigenvalue weighted by molar-refractivity contribution is -0.136. The molecule has 1 saturated carbocycles. The monoisotopic (exact) mass is 390 g/mol. The molecular formula is C19H19BrO4. The summed E-state index contributed by atoms with van der Waals surface area (Å²) in [5.41, 5.74) is 1.64. The van der Waals surface area contributed by atoms with Crippen LogP contribution in [-0.4, -0.2) is 17.7 Å². The minimum absolute atomic E-state index is 0.0512. The van der Waals surface area contributed by atoms with E-state index in [1.54, 1.807) is 12.1 Å². The molecule has 3 rings (SSSR count). The van der Waals surface area contributed by atoms with Gasteiger partial charge in [-0.2, -0.15) is 0 Å². The van der Waals surface area contributed by atoms with Crippen LogP contribution in [0.2, 0.25) is 0 Å². The number of carboxylic acids is 1. The van der Waals surface area contributed by atoms with E-state index in [1.807, 2.05) is 30.3 Å². The van der Waals surface area contributed by atoms with Crippen LogP contribution in [0.5, 0.6) is 11.5 Å². The van der Waals surface area contributed by atoms with Crippen LogP contribution < -0.4 is 9.47 Å². The molecule has 0 aliphatic heterocycles. The lowest BCUT2D eigenvalue weighted by atomic mass is 10.1. The van der Waals surface area contributed by atoms with Gasteiger partial charge in [0.2, 0.25) is 0 Å². The number of halogens is 1. The molecule has 2 aromatic carbocycles. The summed E-state index contributed by atoms with van der Waals surface area (Å²) in [5.74, 6) is 1.25. The van der Waals surface area contributed by atoms with E-state index in [2.05, 4.69) is 15.9 Å². The first-order valence-corrected chi connectivity index (χ1v) is 8.74. The van der Waals surface area contributed by atoms with Crippen LogP contribution in [0.1, 0.15) is 24.0 Å². The Kier molecular flexibility index (Phi) is 5.41. The maximum atomic E-state index is 10.9. The molecule has 126 valence electrons. The maximum Gasteiger partial charge on any atom is 0.307 e. The van der Waals surface area contributed by atoms with E-state index in [4.69, 9.17) is 14.6 Å². The fourth-order valence-corrected chi connectivity index (χ4v) is 2.92. The Morgan fingerprint density at radius 2 is 1.96 bits per heavy atom. The number of aliphatic carboxylic acids is 1. The van der Waals surface area contributed by atoms with Crippen LogP contribution in [0.25, 0.3) is 0 Å². The van der Waals surface area contributed by atoms with Gasteiger partial charge in [0.15, 0.2) is 0 Å². The first-order valence-electron chi connectivity index (χ1n) is 7.95. The fraction of sp³-hybridized carbons (Fsp3) is 0.316. The zero-order valence-corrected chi connectivity index (χ0v) is 14.8. The van der Waals surface area contributed by atoms with Gasteiger partial charge in [-0.3, -0.25) is 4.79 Å². The predicted octanol–water partition coefficient (Wildman–Crippen LogP) is 4.44. The Balaban J connectivity index is 1.66. The predicted molar refractivity (Wildman–Crippen MR) is 94.5 cm³/mol. The maximum absolute atomic E-state index is 10.9. The summed E-state index contributed by atoms with van der Waals surface area (Å²) in [6.07, 6.45) is 2.46. The minimum Gasteiger partial charge on any atom is -0.493 e. The summed E-state index contributed by atoms with van der Waals surface area (Å²) >= 11 is 3.50. The van der Waals surface area contributed by atoms with Gasteiger partial charge in [0, 0.05) is 10.0 Å². The second kappa shape index (κ2) is 7.71. The van der Waals surface area contributed by atoms with Crippen molar-refractivity contribution in [2.45, 2.75) is 25.9 Å². The molecule has 0 saturated heterocycles. The van der Waals surface area contributed by atoms with Crippen molar-refractivity contribution in [2.75, 3.05) is 6.61 Å². The zero-order valence-electron chi connectivity index (χ0n) is 13.2. The van der Waals surface area contributed by atoms with E-state index in [0.29, 0.717) is 23.8 Å². The van der Waals surface area contributed by atoms with Crippen molar-refractivity contribution in [3.63, 3.8) is 0 Å². The number of carbonyl (C=O) groups is 1. The highest BCUT2D eigenvalue weighted by atomic mass is 79.9. The summed E-state index contributed by atoms with van der Waals surface area (Å²) in [4.78, 5) is 10.9. The normalized spacial score (nSPS) is 13.5. The molecule has 0 bridgehead atoms. The van der Waals surface area contributed by atoms with Crippen LogP contribution in [0.4, 0.5) is 0 Å². The van der Waals surface area contributed by atoms with Crippen molar-refractivity contribution in [1.82, 2.24) is 0 Å². The second-order valence-corrected chi connectivity index (χ2v) is 6.93. The molecular weight excluding hydrogens is 372 g/mol. The quantitative estimate of drug-likeness (QED) is 0.723. The Morgan fingerprint density at radius 1 is 1.17 bits per heavy atom. The molecule has 0 atom stereocenters. The van der Waals surface area contributed by atoms with Crippen molar-refractivity contribution in [3.8, 4) is 11.5 Å². The summed E-state index contributed by atoms with van der Waals surface area (Å²) in [5, 5.41) is 8.98. The highest BCUT2D eigenvalue weighted by Crippen LogP contribution is 2.31. The van der Waals surface area contributed by atoms with E-state index in [-0.39, 0.29) is 6.42 Å². The summed E-state index contributed by atoms with van der Waals surface area (Å²) in [6, 6.07) is 13.1. The number of para-hydroxylation sites is 1. The SMILES string of the molecule is O=C(O)Cc1ccccc1OCc1cc(Br)cc(OCC2CC2)c1. The lowest BCUT2D eigenvalue weighted by Crippen LogP contribution is -2.04. The van der Waals surface area contributed by atoms with Crippen LogP contribution in [0.3, 0.4) is 0 Å². The van der Waals surface area contributed by atoms with Gasteiger partial charge in [0.1, 0.15) is 18.1 Å². The zero-order chi connectivity index (χ0) is 16.9. The largest absolute Gasteiger partial charge is 0.493 e. The van der Waals surface area contributed by atoms with Crippen molar-refractivity contribution >= 4 is 21.9 Å². The van der Waals surface area contributed by atoms with Gasteiger partial charge in [-0.25, -0.2) is 0 Å². The van der Waals surface area contributed by atoms with E-state index >= 15 is 0 Å². The van der Waals surface area contributed by atoms with E-state index in [1.165, 1.54) is 12.8 Å². The molecule has 1 N–H and O–H groups in total. The molecule has 0 heterocycles. The van der Waals surface area contributed by atoms with Gasteiger partial charge in [0.25, 0.3) is 0 Å². The molecule has 0 aromatic heterocycles. The average molecular weight is 391 g/mol. The first-order chi connectivity index (χ1) is 11.6. The molecule has 1 aliphatic carbocycles. The van der Waals surface area contributed by atoms with Crippen LogP contribution in [0, 0.1) is 5.92 Å². The van der Waals surface area contributed by atoms with Crippen molar-refractivity contribution in [1.29, 1.82) is 0 Å². The van der Waals surface area contributed by atoms with Crippen LogP contribution >= 0.6 is 15.9 Å². The third-order valence-electron chi connectivity index (χ3n) is 3.82. The number of benzene rings is 2. The van der Waals surface area contributed by atoms with Gasteiger partial charge >= 0.3 is 5.97 Å². The van der Waals surface area contributed by atoms with E-state index < -0.39 is 5.97 Å². The Labute approximate surface area is 149 Å². The lowest BCUT2D eigenvalue weighted by Gasteiger charge is -2.12. The molecule has 1 aliphatic rings.